The largest absolute Gasteiger partial charge is 0.393 e. The summed E-state index contributed by atoms with van der Waals surface area (Å²) < 4.78 is 32.8. The minimum atomic E-state index is -3.84. The fraction of sp³-hybridized carbons (Fsp3) is 0.630. The van der Waals surface area contributed by atoms with Crippen LogP contribution >= 0.6 is 22.7 Å². The Morgan fingerprint density at radius 3 is 2.25 bits per heavy atom. The quantitative estimate of drug-likeness (QED) is 0.175. The van der Waals surface area contributed by atoms with Gasteiger partial charge in [0.25, 0.3) is 10.0 Å². The van der Waals surface area contributed by atoms with Crippen molar-refractivity contribution < 1.29 is 23.4 Å². The second-order valence-electron chi connectivity index (χ2n) is 20.4. The fourth-order valence-electron chi connectivity index (χ4n) is 15.7. The lowest BCUT2D eigenvalue weighted by Crippen LogP contribution is -2.67. The normalized spacial score (nSPS) is 45.1. The molecule has 0 saturated heterocycles. The van der Waals surface area contributed by atoms with Crippen molar-refractivity contribution in [2.75, 3.05) is 13.1 Å². The monoisotopic (exact) mass is 797 g/mol. The molecule has 1 aromatic carbocycles. The standard InChI is InChI=1S/C46H55NO5S3/c1-41-12-9-33(48)25-44(41)15-16-46(34(26-44)40(49)36-21-32-6-3-4-7-35(32)54-36)37(41)10-13-42(2)38(46)11-14-45(42,50)28-47(55(51,52)39-8-5-17-53-39)27-43-22-29-18-30(23-43)20-31(19-29)24-43/h3-8,15-17,21,26,29-31,33,37-38,48,50H,9-14,18-20,22-25,27-28H2,1-2H3. The Hall–Kier alpha value is -2.14. The van der Waals surface area contributed by atoms with Crippen LogP contribution in [-0.4, -0.2) is 53.5 Å². The molecule has 6 bridgehead atoms. The third-order valence-electron chi connectivity index (χ3n) is 17.8. The van der Waals surface area contributed by atoms with Crippen LogP contribution in [-0.2, 0) is 10.0 Å². The molecule has 55 heavy (non-hydrogen) atoms. The highest BCUT2D eigenvalue weighted by Gasteiger charge is 2.75. The maximum atomic E-state index is 15.2. The predicted octanol–water partition coefficient (Wildman–Crippen LogP) is 9.64. The van der Waals surface area contributed by atoms with Crippen molar-refractivity contribution in [1.29, 1.82) is 0 Å². The topological polar surface area (TPSA) is 94.9 Å². The van der Waals surface area contributed by atoms with Crippen LogP contribution in [0.5, 0.6) is 0 Å². The molecule has 7 fully saturated rings. The Bertz CT molecular complexity index is 2190. The van der Waals surface area contributed by atoms with E-state index in [1.165, 1.54) is 30.6 Å². The number of carbonyl (C=O) groups is 1. The number of benzene rings is 1. The SMILES string of the molecule is CC12CCC(O)CC13C=CC1(C(C(=O)c4cc5ccccc5s4)=C3)C2CCC2(C)C1CCC2(O)CN(CC12CC3CC(CC(C3)C1)C2)S(=O)(=O)c1cccs1. The van der Waals surface area contributed by atoms with Gasteiger partial charge in [-0.3, -0.25) is 4.79 Å². The molecule has 2 heterocycles. The van der Waals surface area contributed by atoms with Crippen LogP contribution < -0.4 is 0 Å². The molecule has 292 valence electrons. The van der Waals surface area contributed by atoms with Crippen LogP contribution in [0.15, 0.2) is 75.9 Å². The molecule has 8 atom stereocenters. The minimum absolute atomic E-state index is 0.0176. The van der Waals surface area contributed by atoms with Crippen molar-refractivity contribution in [2.45, 2.75) is 113 Å². The van der Waals surface area contributed by atoms with Gasteiger partial charge in [0, 0.05) is 39.6 Å². The summed E-state index contributed by atoms with van der Waals surface area (Å²) in [6.07, 6.45) is 19.0. The maximum absolute atomic E-state index is 15.2. The highest BCUT2D eigenvalue weighted by atomic mass is 32.2. The number of sulfonamides is 1. The average molecular weight is 798 g/mol. The van der Waals surface area contributed by atoms with E-state index in [-0.39, 0.29) is 35.0 Å². The van der Waals surface area contributed by atoms with E-state index in [1.807, 2.05) is 23.6 Å². The molecule has 10 aliphatic rings. The molecule has 0 radical (unpaired) electrons. The molecule has 2 aromatic heterocycles. The van der Waals surface area contributed by atoms with Crippen LogP contribution in [0.3, 0.4) is 0 Å². The first kappa shape index (κ1) is 36.0. The van der Waals surface area contributed by atoms with Crippen LogP contribution in [0, 0.1) is 56.7 Å². The van der Waals surface area contributed by atoms with Crippen LogP contribution in [0.25, 0.3) is 10.1 Å². The van der Waals surface area contributed by atoms with Gasteiger partial charge in [0.1, 0.15) is 4.21 Å². The number of aliphatic hydroxyl groups excluding tert-OH is 1. The van der Waals surface area contributed by atoms with Gasteiger partial charge in [-0.1, -0.05) is 56.3 Å². The summed E-state index contributed by atoms with van der Waals surface area (Å²) in [5, 5.41) is 27.5. The lowest BCUT2D eigenvalue weighted by Gasteiger charge is -2.71. The molecule has 8 unspecified atom stereocenters. The number of thiophene rings is 2. The first-order chi connectivity index (χ1) is 26.2. The van der Waals surface area contributed by atoms with E-state index in [1.54, 1.807) is 21.7 Å². The smallest absolute Gasteiger partial charge is 0.252 e. The number of carbonyl (C=O) groups excluding carboxylic acids is 1. The molecular weight excluding hydrogens is 743 g/mol. The highest BCUT2D eigenvalue weighted by molar-refractivity contribution is 7.91. The van der Waals surface area contributed by atoms with Crippen molar-refractivity contribution in [2.24, 2.45) is 56.7 Å². The van der Waals surface area contributed by atoms with Crippen molar-refractivity contribution in [3.8, 4) is 0 Å². The summed E-state index contributed by atoms with van der Waals surface area (Å²) >= 11 is 2.85. The highest BCUT2D eigenvalue weighted by Crippen LogP contribution is 2.78. The number of rotatable bonds is 8. The number of hydrogen-bond acceptors (Lipinski definition) is 7. The molecular formula is C46H55NO5S3. The zero-order chi connectivity index (χ0) is 37.8. The van der Waals surface area contributed by atoms with Gasteiger partial charge in [-0.15, -0.1) is 22.7 Å². The third kappa shape index (κ3) is 4.80. The second-order valence-corrected chi connectivity index (χ2v) is 24.6. The zero-order valence-corrected chi connectivity index (χ0v) is 34.7. The molecule has 13 rings (SSSR count). The van der Waals surface area contributed by atoms with Crippen LogP contribution in [0.2, 0.25) is 0 Å². The number of hydrogen-bond donors (Lipinski definition) is 2. The Labute approximate surface area is 334 Å². The van der Waals surface area contributed by atoms with E-state index in [4.69, 9.17) is 0 Å². The first-order valence-electron chi connectivity index (χ1n) is 21.1. The van der Waals surface area contributed by atoms with E-state index in [0.717, 1.165) is 71.9 Å². The zero-order valence-electron chi connectivity index (χ0n) is 32.2. The maximum Gasteiger partial charge on any atom is 0.252 e. The Morgan fingerprint density at radius 2 is 1.55 bits per heavy atom. The molecule has 6 nitrogen and oxygen atoms in total. The van der Waals surface area contributed by atoms with Gasteiger partial charge < -0.3 is 10.2 Å². The van der Waals surface area contributed by atoms with Crippen molar-refractivity contribution >= 4 is 48.6 Å². The van der Waals surface area contributed by atoms with Crippen molar-refractivity contribution in [3.05, 3.63) is 76.5 Å². The molecule has 2 spiro atoms. The van der Waals surface area contributed by atoms with E-state index in [2.05, 4.69) is 50.3 Å². The van der Waals surface area contributed by atoms with Crippen LogP contribution in [0.1, 0.15) is 107 Å². The lowest BCUT2D eigenvalue weighted by atomic mass is 9.32. The van der Waals surface area contributed by atoms with E-state index >= 15 is 4.79 Å². The van der Waals surface area contributed by atoms with Gasteiger partial charge in [0.05, 0.1) is 16.6 Å². The van der Waals surface area contributed by atoms with Gasteiger partial charge >= 0.3 is 0 Å². The molecule has 2 N–H and O–H groups in total. The number of nitrogens with zero attached hydrogens (tertiary/aromatic N) is 1. The van der Waals surface area contributed by atoms with Crippen molar-refractivity contribution in [3.63, 3.8) is 0 Å². The van der Waals surface area contributed by atoms with Gasteiger partial charge in [0.2, 0.25) is 0 Å². The summed E-state index contributed by atoms with van der Waals surface area (Å²) in [7, 11) is -3.84. The molecule has 9 heteroatoms. The van der Waals surface area contributed by atoms with E-state index in [9.17, 15) is 18.6 Å². The minimum Gasteiger partial charge on any atom is -0.393 e. The third-order valence-corrected chi connectivity index (χ3v) is 22.1. The summed E-state index contributed by atoms with van der Waals surface area (Å²) in [4.78, 5) is 16.0. The lowest BCUT2D eigenvalue weighted by molar-refractivity contribution is -0.175. The number of allylic oxidation sites excluding steroid dienone is 4. The summed E-state index contributed by atoms with van der Waals surface area (Å²) in [6, 6.07) is 13.8. The second kappa shape index (κ2) is 11.7. The fourth-order valence-corrected chi connectivity index (χ4v) is 19.5. The molecule has 0 amide bonds. The number of aliphatic hydroxyl groups is 2. The van der Waals surface area contributed by atoms with Gasteiger partial charge in [-0.05, 0) is 153 Å². The summed E-state index contributed by atoms with van der Waals surface area (Å²) in [6.45, 7) is 5.26. The number of ketones is 1. The number of fused-ring (bicyclic) bond motifs is 2. The molecule has 7 saturated carbocycles. The molecule has 3 aromatic rings. The number of Topliss-reactive ketones (excluding diaryl/α,β-unsaturated/α-hetero) is 1. The molecule has 0 aliphatic heterocycles. The van der Waals surface area contributed by atoms with Gasteiger partial charge in [-0.2, -0.15) is 4.31 Å². The molecule has 10 aliphatic carbocycles. The summed E-state index contributed by atoms with van der Waals surface area (Å²) in [5.74, 6) is 2.34. The van der Waals surface area contributed by atoms with Gasteiger partial charge in [-0.25, -0.2) is 8.42 Å². The summed E-state index contributed by atoms with van der Waals surface area (Å²) in [5.41, 5.74) is -2.13. The average Bonchev–Trinajstić information content (AvgIpc) is 3.89. The van der Waals surface area contributed by atoms with E-state index < -0.39 is 38.0 Å². The Morgan fingerprint density at radius 1 is 0.855 bits per heavy atom. The van der Waals surface area contributed by atoms with E-state index in [0.29, 0.717) is 41.3 Å². The predicted molar refractivity (Wildman–Crippen MR) is 218 cm³/mol. The van der Waals surface area contributed by atoms with Crippen molar-refractivity contribution in [1.82, 2.24) is 4.31 Å². The Balaban J connectivity index is 1.01. The first-order valence-corrected chi connectivity index (χ1v) is 24.3. The Kier molecular flexibility index (Phi) is 7.68. The van der Waals surface area contributed by atoms with Crippen LogP contribution in [0.4, 0.5) is 0 Å². The van der Waals surface area contributed by atoms with Gasteiger partial charge in [0.15, 0.2) is 5.78 Å².